The van der Waals surface area contributed by atoms with Gasteiger partial charge in [0, 0.05) is 22.8 Å². The van der Waals surface area contributed by atoms with E-state index in [0.717, 1.165) is 53.4 Å². The van der Waals surface area contributed by atoms with Gasteiger partial charge in [-0.05, 0) is 49.4 Å². The first-order chi connectivity index (χ1) is 12.8. The molecule has 0 atom stereocenters. The number of hydrogen-bond acceptors (Lipinski definition) is 4. The molecule has 1 aromatic heterocycles. The highest BCUT2D eigenvalue weighted by atomic mass is 16.7. The van der Waals surface area contributed by atoms with Crippen LogP contribution in [0.15, 0.2) is 42.5 Å². The fourth-order valence-corrected chi connectivity index (χ4v) is 3.80. The number of para-hydroxylation sites is 1. The topological polar surface area (TPSA) is 60.5 Å². The minimum Gasteiger partial charge on any atom is -0.454 e. The summed E-state index contributed by atoms with van der Waals surface area (Å²) in [5, 5.41) is 3.94. The van der Waals surface area contributed by atoms with Gasteiger partial charge in [-0.1, -0.05) is 18.2 Å². The zero-order chi connectivity index (χ0) is 17.5. The number of nitrogens with one attached hydrogen (secondary N) is 1. The van der Waals surface area contributed by atoms with Crippen LogP contribution in [0.25, 0.3) is 10.9 Å². The molecule has 5 nitrogen and oxygen atoms in total. The second-order valence-electron chi connectivity index (χ2n) is 6.66. The molecule has 0 spiro atoms. The lowest BCUT2D eigenvalue weighted by molar-refractivity contribution is 0.102. The molecule has 0 saturated carbocycles. The van der Waals surface area contributed by atoms with E-state index >= 15 is 0 Å². The lowest BCUT2D eigenvalue weighted by Gasteiger charge is -2.20. The van der Waals surface area contributed by atoms with E-state index in [4.69, 9.17) is 14.5 Å². The van der Waals surface area contributed by atoms with E-state index in [9.17, 15) is 4.79 Å². The van der Waals surface area contributed by atoms with Crippen LogP contribution in [0.3, 0.4) is 0 Å². The molecule has 0 bridgehead atoms. The van der Waals surface area contributed by atoms with Crippen LogP contribution in [0, 0.1) is 0 Å². The van der Waals surface area contributed by atoms with Crippen molar-refractivity contribution in [3.63, 3.8) is 0 Å². The van der Waals surface area contributed by atoms with Crippen LogP contribution in [0.4, 0.5) is 5.69 Å². The Morgan fingerprint density at radius 1 is 1.00 bits per heavy atom. The number of rotatable bonds is 2. The van der Waals surface area contributed by atoms with Gasteiger partial charge in [-0.15, -0.1) is 0 Å². The molecule has 1 aliphatic carbocycles. The number of fused-ring (bicyclic) bond motifs is 3. The number of aromatic nitrogens is 1. The van der Waals surface area contributed by atoms with Gasteiger partial charge in [0.15, 0.2) is 11.5 Å². The number of carbonyl (C=O) groups excluding carboxylic acids is 1. The summed E-state index contributed by atoms with van der Waals surface area (Å²) in [5.74, 6) is 1.26. The standard InChI is InChI=1S/C21H18N2O3/c24-21(22-13-9-10-18-19(11-13)26-12-25-18)20-14-5-1-3-7-16(14)23-17-8-4-2-6-15(17)20/h1,3,5,7,9-11H,2,4,6,8,12H2,(H,22,24). The Labute approximate surface area is 151 Å². The SMILES string of the molecule is O=C(Nc1ccc2c(c1)OCO2)c1c2c(nc3ccccc13)CCCC2. The molecule has 5 heteroatoms. The fraction of sp³-hybridized carbons (Fsp3) is 0.238. The first-order valence-corrected chi connectivity index (χ1v) is 8.91. The van der Waals surface area contributed by atoms with E-state index < -0.39 is 0 Å². The molecule has 1 aliphatic heterocycles. The number of pyridine rings is 1. The lowest BCUT2D eigenvalue weighted by Crippen LogP contribution is -2.19. The van der Waals surface area contributed by atoms with Gasteiger partial charge >= 0.3 is 0 Å². The summed E-state index contributed by atoms with van der Waals surface area (Å²) < 4.78 is 10.7. The maximum atomic E-state index is 13.2. The molecular formula is C21H18N2O3. The molecule has 0 saturated heterocycles. The number of anilines is 1. The zero-order valence-corrected chi connectivity index (χ0v) is 14.2. The molecular weight excluding hydrogens is 328 g/mol. The van der Waals surface area contributed by atoms with Crippen LogP contribution in [0.5, 0.6) is 11.5 Å². The van der Waals surface area contributed by atoms with Gasteiger partial charge < -0.3 is 14.8 Å². The molecule has 130 valence electrons. The van der Waals surface area contributed by atoms with Gasteiger partial charge in [-0.25, -0.2) is 0 Å². The largest absolute Gasteiger partial charge is 0.454 e. The quantitative estimate of drug-likeness (QED) is 0.759. The maximum absolute atomic E-state index is 13.2. The number of carbonyl (C=O) groups is 1. The fourth-order valence-electron chi connectivity index (χ4n) is 3.80. The Hall–Kier alpha value is -3.08. The predicted molar refractivity (Wildman–Crippen MR) is 98.9 cm³/mol. The summed E-state index contributed by atoms with van der Waals surface area (Å²) in [6.45, 7) is 0.217. The van der Waals surface area contributed by atoms with Gasteiger partial charge in [0.25, 0.3) is 5.91 Å². The normalized spacial score (nSPS) is 14.9. The van der Waals surface area contributed by atoms with Crippen molar-refractivity contribution in [3.8, 4) is 11.5 Å². The third-order valence-electron chi connectivity index (χ3n) is 5.03. The Kier molecular flexibility index (Phi) is 3.52. The van der Waals surface area contributed by atoms with Crippen molar-refractivity contribution in [2.24, 2.45) is 0 Å². The molecule has 2 heterocycles. The number of nitrogens with zero attached hydrogens (tertiary/aromatic N) is 1. The van der Waals surface area contributed by atoms with E-state index in [1.54, 1.807) is 6.07 Å². The average molecular weight is 346 g/mol. The van der Waals surface area contributed by atoms with E-state index in [2.05, 4.69) is 5.32 Å². The van der Waals surface area contributed by atoms with Crippen LogP contribution in [0.2, 0.25) is 0 Å². The van der Waals surface area contributed by atoms with Crippen molar-refractivity contribution >= 4 is 22.5 Å². The smallest absolute Gasteiger partial charge is 0.256 e. The molecule has 1 amide bonds. The molecule has 2 aromatic carbocycles. The monoisotopic (exact) mass is 346 g/mol. The van der Waals surface area contributed by atoms with Crippen molar-refractivity contribution in [1.82, 2.24) is 4.98 Å². The minimum atomic E-state index is -0.0967. The first kappa shape index (κ1) is 15.2. The van der Waals surface area contributed by atoms with Gasteiger partial charge in [0.2, 0.25) is 6.79 Å². The molecule has 3 aromatic rings. The second kappa shape index (κ2) is 6.02. The summed E-state index contributed by atoms with van der Waals surface area (Å²) in [6, 6.07) is 13.3. The number of aryl methyl sites for hydroxylation is 1. The van der Waals surface area contributed by atoms with Crippen molar-refractivity contribution in [2.75, 3.05) is 12.1 Å². The van der Waals surface area contributed by atoms with Crippen LogP contribution in [-0.4, -0.2) is 17.7 Å². The van der Waals surface area contributed by atoms with Crippen LogP contribution in [0.1, 0.15) is 34.5 Å². The van der Waals surface area contributed by atoms with Gasteiger partial charge in [0.05, 0.1) is 11.1 Å². The highest BCUT2D eigenvalue weighted by Gasteiger charge is 2.23. The van der Waals surface area contributed by atoms with Gasteiger partial charge in [-0.3, -0.25) is 9.78 Å². The molecule has 0 radical (unpaired) electrons. The summed E-state index contributed by atoms with van der Waals surface area (Å²) >= 11 is 0. The summed E-state index contributed by atoms with van der Waals surface area (Å²) in [6.07, 6.45) is 4.06. The van der Waals surface area contributed by atoms with E-state index in [1.807, 2.05) is 36.4 Å². The molecule has 2 aliphatic rings. The highest BCUT2D eigenvalue weighted by Crippen LogP contribution is 2.35. The Balaban J connectivity index is 1.58. The Morgan fingerprint density at radius 2 is 1.85 bits per heavy atom. The molecule has 0 unspecified atom stereocenters. The van der Waals surface area contributed by atoms with Crippen molar-refractivity contribution in [2.45, 2.75) is 25.7 Å². The van der Waals surface area contributed by atoms with Gasteiger partial charge in [0.1, 0.15) is 0 Å². The van der Waals surface area contributed by atoms with Crippen LogP contribution < -0.4 is 14.8 Å². The average Bonchev–Trinajstić information content (AvgIpc) is 3.13. The molecule has 0 fully saturated rings. The number of benzene rings is 2. The number of ether oxygens (including phenoxy) is 2. The minimum absolute atomic E-state index is 0.0967. The third-order valence-corrected chi connectivity index (χ3v) is 5.03. The maximum Gasteiger partial charge on any atom is 0.256 e. The second-order valence-corrected chi connectivity index (χ2v) is 6.66. The molecule has 1 N–H and O–H groups in total. The van der Waals surface area contributed by atoms with Crippen molar-refractivity contribution in [1.29, 1.82) is 0 Å². The van der Waals surface area contributed by atoms with E-state index in [-0.39, 0.29) is 12.7 Å². The molecule has 5 rings (SSSR count). The number of amides is 1. The summed E-state index contributed by atoms with van der Waals surface area (Å²) in [4.78, 5) is 18.0. The lowest BCUT2D eigenvalue weighted by atomic mass is 9.89. The van der Waals surface area contributed by atoms with Crippen LogP contribution in [-0.2, 0) is 12.8 Å². The summed E-state index contributed by atoms with van der Waals surface area (Å²) in [7, 11) is 0. The van der Waals surface area contributed by atoms with Crippen LogP contribution >= 0.6 is 0 Å². The van der Waals surface area contributed by atoms with E-state index in [1.165, 1.54) is 0 Å². The number of hydrogen-bond donors (Lipinski definition) is 1. The first-order valence-electron chi connectivity index (χ1n) is 8.91. The Bertz CT molecular complexity index is 1030. The van der Waals surface area contributed by atoms with E-state index in [0.29, 0.717) is 17.2 Å². The zero-order valence-electron chi connectivity index (χ0n) is 14.2. The predicted octanol–water partition coefficient (Wildman–Crippen LogP) is 4.09. The Morgan fingerprint density at radius 3 is 2.81 bits per heavy atom. The van der Waals surface area contributed by atoms with Crippen molar-refractivity contribution in [3.05, 3.63) is 59.3 Å². The van der Waals surface area contributed by atoms with Gasteiger partial charge in [-0.2, -0.15) is 0 Å². The molecule has 26 heavy (non-hydrogen) atoms. The highest BCUT2D eigenvalue weighted by molar-refractivity contribution is 6.13. The van der Waals surface area contributed by atoms with Crippen molar-refractivity contribution < 1.29 is 14.3 Å². The summed E-state index contributed by atoms with van der Waals surface area (Å²) in [5.41, 5.74) is 4.48. The third kappa shape index (κ3) is 2.47.